The fourth-order valence-corrected chi connectivity index (χ4v) is 3.82. The average molecular weight is 513 g/mol. The molecule has 3 N–H and O–H groups in total. The van der Waals surface area contributed by atoms with E-state index < -0.39 is 23.6 Å². The summed E-state index contributed by atoms with van der Waals surface area (Å²) in [6.45, 7) is 8.92. The molecule has 3 amide bonds. The van der Waals surface area contributed by atoms with E-state index in [4.69, 9.17) is 4.74 Å². The van der Waals surface area contributed by atoms with E-state index in [0.29, 0.717) is 40.1 Å². The minimum Gasteiger partial charge on any atom is -0.444 e. The van der Waals surface area contributed by atoms with E-state index in [9.17, 15) is 23.6 Å². The van der Waals surface area contributed by atoms with Gasteiger partial charge in [0.25, 0.3) is 11.8 Å². The topological polar surface area (TPSA) is 121 Å². The first-order valence-electron chi connectivity index (χ1n) is 12.1. The number of aromatic amines is 1. The highest BCUT2D eigenvalue weighted by atomic mass is 19.1. The molecule has 3 rings (SSSR count). The monoisotopic (exact) mass is 512 g/mol. The molecule has 1 aliphatic rings. The minimum atomic E-state index is -0.656. The number of hydrogen-bond donors (Lipinski definition) is 3. The maximum Gasteiger partial charge on any atom is 0.410 e. The summed E-state index contributed by atoms with van der Waals surface area (Å²) in [5, 5.41) is 5.48. The van der Waals surface area contributed by atoms with Crippen LogP contribution in [0.1, 0.15) is 67.7 Å². The lowest BCUT2D eigenvalue weighted by molar-refractivity contribution is -0.123. The third kappa shape index (κ3) is 6.63. The third-order valence-electron chi connectivity index (χ3n) is 6.09. The second kappa shape index (κ2) is 11.0. The van der Waals surface area contributed by atoms with Gasteiger partial charge in [-0.1, -0.05) is 0 Å². The second-order valence-electron chi connectivity index (χ2n) is 10.0. The number of amides is 3. The molecule has 0 saturated carbocycles. The number of aromatic nitrogens is 1. The molecule has 1 aliphatic heterocycles. The Balaban J connectivity index is 1.55. The molecule has 1 atom stereocenters. The Bertz CT molecular complexity index is 1260. The van der Waals surface area contributed by atoms with Crippen LogP contribution in [0.5, 0.6) is 0 Å². The van der Waals surface area contributed by atoms with Gasteiger partial charge in [-0.25, -0.2) is 9.18 Å². The molecule has 10 heteroatoms. The highest BCUT2D eigenvalue weighted by molar-refractivity contribution is 6.34. The van der Waals surface area contributed by atoms with Crippen LogP contribution in [0, 0.1) is 12.7 Å². The van der Waals surface area contributed by atoms with E-state index in [0.717, 1.165) is 0 Å². The van der Waals surface area contributed by atoms with E-state index in [1.54, 1.807) is 46.9 Å². The Morgan fingerprint density at radius 3 is 2.62 bits per heavy atom. The Morgan fingerprint density at radius 2 is 1.95 bits per heavy atom. The molecule has 198 valence electrons. The smallest absolute Gasteiger partial charge is 0.410 e. The lowest BCUT2D eigenvalue weighted by Gasteiger charge is -2.28. The first kappa shape index (κ1) is 27.6. The number of Topliss-reactive ketones (excluding diaryl/α,β-unsaturated/α-hetero) is 1. The zero-order chi connectivity index (χ0) is 27.5. The molecular formula is C27H33FN4O5. The number of fused-ring (bicyclic) bond motifs is 1. The van der Waals surface area contributed by atoms with Gasteiger partial charge in [-0.2, -0.15) is 0 Å². The molecule has 2 aromatic rings. The molecule has 2 heterocycles. The van der Waals surface area contributed by atoms with Crippen molar-refractivity contribution in [3.63, 3.8) is 0 Å². The summed E-state index contributed by atoms with van der Waals surface area (Å²) in [4.78, 5) is 54.0. The van der Waals surface area contributed by atoms with Crippen LogP contribution in [0.15, 0.2) is 24.4 Å². The van der Waals surface area contributed by atoms with Crippen LogP contribution >= 0.6 is 0 Å². The molecule has 0 bridgehead atoms. The number of H-pyrrole nitrogens is 1. The molecule has 1 aromatic heterocycles. The third-order valence-corrected chi connectivity index (χ3v) is 6.09. The maximum absolute atomic E-state index is 13.7. The largest absolute Gasteiger partial charge is 0.444 e. The number of rotatable bonds is 8. The zero-order valence-corrected chi connectivity index (χ0v) is 22.0. The Labute approximate surface area is 215 Å². The predicted molar refractivity (Wildman–Crippen MR) is 138 cm³/mol. The highest BCUT2D eigenvalue weighted by Crippen LogP contribution is 2.34. The van der Waals surface area contributed by atoms with E-state index in [1.807, 2.05) is 0 Å². The summed E-state index contributed by atoms with van der Waals surface area (Å²) in [6.07, 6.45) is 3.15. The number of ether oxygens (including phenoxy) is 1. The number of halogens is 1. The number of likely N-dealkylation sites (N-methyl/N-ethyl adjacent to an activating group) is 1. The molecule has 0 saturated heterocycles. The zero-order valence-electron chi connectivity index (χ0n) is 22.0. The van der Waals surface area contributed by atoms with Gasteiger partial charge in [0.05, 0.1) is 17.2 Å². The van der Waals surface area contributed by atoms with Crippen LogP contribution in [0.3, 0.4) is 0 Å². The maximum atomic E-state index is 13.7. The van der Waals surface area contributed by atoms with Crippen LogP contribution in [0.4, 0.5) is 14.9 Å². The number of carbonyl (C=O) groups is 4. The molecule has 1 aromatic carbocycles. The highest BCUT2D eigenvalue weighted by Gasteiger charge is 2.27. The van der Waals surface area contributed by atoms with Crippen molar-refractivity contribution >= 4 is 41.0 Å². The van der Waals surface area contributed by atoms with Gasteiger partial charge >= 0.3 is 6.09 Å². The number of ketones is 1. The number of carbonyl (C=O) groups excluding carboxylic acids is 4. The van der Waals surface area contributed by atoms with Crippen LogP contribution in [0.25, 0.3) is 11.6 Å². The summed E-state index contributed by atoms with van der Waals surface area (Å²) in [5.41, 5.74) is 2.22. The average Bonchev–Trinajstić information content (AvgIpc) is 3.33. The fraction of sp³-hybridized carbons (Fsp3) is 0.407. The standard InChI is InChI=1S/C27H33FN4O5/c1-15-20(14-30-22(15)13-19-18-12-17(28)9-10-21(18)31-25(19)35)24(34)29-11-7-8-23(33)16(2)32(6)26(36)37-27(3,4)5/h9-10,12-14,16,30H,7-8,11H2,1-6H3,(H,29,34)(H,31,35)/b19-13-/t16-/m0/s1. The van der Waals surface area contributed by atoms with E-state index in [1.165, 1.54) is 30.1 Å². The summed E-state index contributed by atoms with van der Waals surface area (Å²) < 4.78 is 19.0. The molecular weight excluding hydrogens is 479 g/mol. The molecule has 0 unspecified atom stereocenters. The molecule has 0 aliphatic carbocycles. The quantitative estimate of drug-likeness (QED) is 0.360. The number of hydrogen-bond acceptors (Lipinski definition) is 5. The first-order valence-corrected chi connectivity index (χ1v) is 12.1. The van der Waals surface area contributed by atoms with Gasteiger partial charge in [0.15, 0.2) is 5.78 Å². The van der Waals surface area contributed by atoms with Crippen LogP contribution in [-0.4, -0.2) is 58.8 Å². The minimum absolute atomic E-state index is 0.138. The number of nitrogens with zero attached hydrogens (tertiary/aromatic N) is 1. The van der Waals surface area contributed by atoms with Crippen molar-refractivity contribution < 1.29 is 28.3 Å². The van der Waals surface area contributed by atoms with Gasteiger partial charge in [-0.15, -0.1) is 0 Å². The lowest BCUT2D eigenvalue weighted by Crippen LogP contribution is -2.43. The first-order chi connectivity index (χ1) is 17.3. The lowest BCUT2D eigenvalue weighted by atomic mass is 10.0. The Kier molecular flexibility index (Phi) is 8.20. The van der Waals surface area contributed by atoms with Gasteiger partial charge in [0.1, 0.15) is 11.4 Å². The van der Waals surface area contributed by atoms with Crippen molar-refractivity contribution in [2.75, 3.05) is 18.9 Å². The SMILES string of the molecule is Cc1c(C(=O)NCCCC(=O)[C@H](C)N(C)C(=O)OC(C)(C)C)c[nH]c1/C=C1\C(=O)Nc2ccc(F)cc21. The number of anilines is 1. The van der Waals surface area contributed by atoms with Crippen molar-refractivity contribution in [2.24, 2.45) is 0 Å². The van der Waals surface area contributed by atoms with Crippen molar-refractivity contribution in [2.45, 2.75) is 59.1 Å². The van der Waals surface area contributed by atoms with Gasteiger partial charge in [0, 0.05) is 43.2 Å². The molecule has 37 heavy (non-hydrogen) atoms. The normalized spacial score (nSPS) is 14.7. The van der Waals surface area contributed by atoms with Crippen LogP contribution < -0.4 is 10.6 Å². The summed E-state index contributed by atoms with van der Waals surface area (Å²) >= 11 is 0. The van der Waals surface area contributed by atoms with Gasteiger partial charge in [-0.05, 0) is 70.9 Å². The molecule has 0 spiro atoms. The molecule has 0 fully saturated rings. The second-order valence-corrected chi connectivity index (χ2v) is 10.0. The van der Waals surface area contributed by atoms with Crippen LogP contribution in [-0.2, 0) is 14.3 Å². The summed E-state index contributed by atoms with van der Waals surface area (Å²) in [7, 11) is 1.52. The van der Waals surface area contributed by atoms with Gasteiger partial charge in [0.2, 0.25) is 0 Å². The van der Waals surface area contributed by atoms with E-state index in [-0.39, 0.29) is 30.6 Å². The Hall–Kier alpha value is -3.95. The van der Waals surface area contributed by atoms with Crippen LogP contribution in [0.2, 0.25) is 0 Å². The molecule has 0 radical (unpaired) electrons. The van der Waals surface area contributed by atoms with Crippen molar-refractivity contribution in [1.29, 1.82) is 0 Å². The van der Waals surface area contributed by atoms with Gasteiger partial charge in [-0.3, -0.25) is 14.4 Å². The number of benzene rings is 1. The van der Waals surface area contributed by atoms with Gasteiger partial charge < -0.3 is 25.3 Å². The Morgan fingerprint density at radius 1 is 1.24 bits per heavy atom. The van der Waals surface area contributed by atoms with Crippen molar-refractivity contribution in [3.8, 4) is 0 Å². The van der Waals surface area contributed by atoms with E-state index in [2.05, 4.69) is 15.6 Å². The summed E-state index contributed by atoms with van der Waals surface area (Å²) in [6, 6.07) is 3.42. The predicted octanol–water partition coefficient (Wildman–Crippen LogP) is 4.29. The summed E-state index contributed by atoms with van der Waals surface area (Å²) in [5.74, 6) is -1.27. The van der Waals surface area contributed by atoms with Crippen molar-refractivity contribution in [1.82, 2.24) is 15.2 Å². The van der Waals surface area contributed by atoms with E-state index >= 15 is 0 Å². The molecule has 9 nitrogen and oxygen atoms in total. The van der Waals surface area contributed by atoms with Crippen molar-refractivity contribution in [3.05, 3.63) is 52.6 Å². The number of nitrogens with one attached hydrogen (secondary N) is 3. The fourth-order valence-electron chi connectivity index (χ4n) is 3.82.